The molecule has 3 fully saturated rings. The Labute approximate surface area is 287 Å². The highest BCUT2D eigenvalue weighted by Crippen LogP contribution is 2.29. The molecular weight excluding hydrogens is 642 g/mol. The second-order valence-electron chi connectivity index (χ2n) is 13.0. The van der Waals surface area contributed by atoms with Crippen LogP contribution in [0.3, 0.4) is 0 Å². The van der Waals surface area contributed by atoms with Crippen LogP contribution >= 0.6 is 35.6 Å². The quantitative estimate of drug-likeness (QED) is 0.238. The second-order valence-corrected chi connectivity index (χ2v) is 14.8. The molecule has 3 amide bonds. The van der Waals surface area contributed by atoms with Crippen molar-refractivity contribution in [2.24, 2.45) is 11.8 Å². The van der Waals surface area contributed by atoms with Crippen LogP contribution in [-0.4, -0.2) is 83.8 Å². The number of thiophene rings is 1. The van der Waals surface area contributed by atoms with E-state index < -0.39 is 18.2 Å². The summed E-state index contributed by atoms with van der Waals surface area (Å²) in [6.45, 7) is 3.97. The molecule has 1 aliphatic carbocycles. The zero-order valence-corrected chi connectivity index (χ0v) is 29.1. The van der Waals surface area contributed by atoms with Gasteiger partial charge in [0, 0.05) is 30.1 Å². The standard InChI is InChI=1S/C34H48ClN5O4S2/c1-23(22-45)18-26-19-24(13-14-36-26)31(38-25-8-3-2-4-9-25)33(42)40-16-15-39(34(43)44-30-12-6-5-11-28(30)35)21-29(40)32(41)37-20-27-10-7-17-46-27/h5-7,10-12,17,23-26,29,31,36,38,45H,2-4,8-9,13-16,18-22H2,1H3,(H,37,41)/t23?,24?,26?,29-,31+/m0/s1. The third-order valence-corrected chi connectivity index (χ3v) is 11.4. The molecule has 3 aliphatic rings. The average molecular weight is 690 g/mol. The smallest absolute Gasteiger partial charge is 0.409 e. The molecule has 0 bridgehead atoms. The van der Waals surface area contributed by atoms with Crippen molar-refractivity contribution in [3.8, 4) is 5.75 Å². The molecule has 5 atom stereocenters. The molecule has 12 heteroatoms. The summed E-state index contributed by atoms with van der Waals surface area (Å²) in [6.07, 6.45) is 7.88. The van der Waals surface area contributed by atoms with Gasteiger partial charge >= 0.3 is 6.09 Å². The fourth-order valence-electron chi connectivity index (χ4n) is 7.02. The third-order valence-electron chi connectivity index (χ3n) is 9.57. The summed E-state index contributed by atoms with van der Waals surface area (Å²) in [5.74, 6) is 1.39. The van der Waals surface area contributed by atoms with E-state index in [4.69, 9.17) is 16.3 Å². The largest absolute Gasteiger partial charge is 0.415 e. The molecule has 2 aromatic rings. The number of hydrogen-bond donors (Lipinski definition) is 4. The lowest BCUT2D eigenvalue weighted by atomic mass is 9.82. The molecule has 1 saturated carbocycles. The predicted molar refractivity (Wildman–Crippen MR) is 187 cm³/mol. The number of para-hydroxylation sites is 1. The minimum atomic E-state index is -0.850. The Balaban J connectivity index is 1.36. The molecule has 1 aromatic heterocycles. The first-order valence-electron chi connectivity index (χ1n) is 16.7. The Morgan fingerprint density at radius 2 is 1.91 bits per heavy atom. The molecule has 5 rings (SSSR count). The highest BCUT2D eigenvalue weighted by molar-refractivity contribution is 7.80. The number of benzene rings is 1. The number of hydrogen-bond acceptors (Lipinski definition) is 8. The van der Waals surface area contributed by atoms with Crippen LogP contribution < -0.4 is 20.7 Å². The van der Waals surface area contributed by atoms with Crippen molar-refractivity contribution < 1.29 is 19.1 Å². The monoisotopic (exact) mass is 689 g/mol. The number of nitrogens with zero attached hydrogens (tertiary/aromatic N) is 2. The van der Waals surface area contributed by atoms with Crippen molar-refractivity contribution in [1.82, 2.24) is 25.8 Å². The summed E-state index contributed by atoms with van der Waals surface area (Å²) in [5.41, 5.74) is 0. The van der Waals surface area contributed by atoms with Crippen molar-refractivity contribution >= 4 is 53.5 Å². The topological polar surface area (TPSA) is 103 Å². The van der Waals surface area contributed by atoms with E-state index >= 15 is 0 Å². The first kappa shape index (κ1) is 35.0. The SMILES string of the molecule is CC(CS)CC1CC([C@@H](NC2CCCCC2)C(=O)N2CCN(C(=O)Oc3ccccc3Cl)C[C@H]2C(=O)NCc2cccs2)CCN1. The van der Waals surface area contributed by atoms with Crippen LogP contribution in [0, 0.1) is 11.8 Å². The van der Waals surface area contributed by atoms with Gasteiger partial charge in [-0.25, -0.2) is 4.79 Å². The summed E-state index contributed by atoms with van der Waals surface area (Å²) < 4.78 is 5.62. The van der Waals surface area contributed by atoms with E-state index in [1.54, 1.807) is 40.5 Å². The summed E-state index contributed by atoms with van der Waals surface area (Å²) in [4.78, 5) is 46.1. The van der Waals surface area contributed by atoms with Gasteiger partial charge in [0.25, 0.3) is 0 Å². The minimum absolute atomic E-state index is 0.0375. The third kappa shape index (κ3) is 9.40. The van der Waals surface area contributed by atoms with E-state index in [0.29, 0.717) is 23.5 Å². The maximum Gasteiger partial charge on any atom is 0.415 e. The number of piperazine rings is 1. The van der Waals surface area contributed by atoms with Crippen molar-refractivity contribution in [2.75, 3.05) is 31.9 Å². The van der Waals surface area contributed by atoms with Crippen molar-refractivity contribution in [2.45, 2.75) is 89.0 Å². The lowest BCUT2D eigenvalue weighted by molar-refractivity contribution is -0.146. The zero-order chi connectivity index (χ0) is 32.5. The van der Waals surface area contributed by atoms with Gasteiger partial charge in [0.2, 0.25) is 11.8 Å². The van der Waals surface area contributed by atoms with E-state index in [2.05, 4.69) is 35.5 Å². The summed E-state index contributed by atoms with van der Waals surface area (Å²) in [5, 5.41) is 12.8. The van der Waals surface area contributed by atoms with Crippen LogP contribution in [0.1, 0.15) is 63.2 Å². The van der Waals surface area contributed by atoms with Crippen molar-refractivity contribution in [3.05, 3.63) is 51.7 Å². The van der Waals surface area contributed by atoms with Crippen LogP contribution in [-0.2, 0) is 16.1 Å². The Hall–Kier alpha value is -2.31. The molecular formula is C34H48ClN5O4S2. The number of ether oxygens (including phenoxy) is 1. The first-order chi connectivity index (χ1) is 22.3. The maximum absolute atomic E-state index is 14.7. The molecule has 2 saturated heterocycles. The molecule has 252 valence electrons. The van der Waals surface area contributed by atoms with Gasteiger partial charge in [-0.05, 0) is 79.8 Å². The van der Waals surface area contributed by atoms with Crippen LogP contribution in [0.4, 0.5) is 4.79 Å². The highest BCUT2D eigenvalue weighted by atomic mass is 35.5. The molecule has 3 heterocycles. The van der Waals surface area contributed by atoms with E-state index in [1.165, 1.54) is 11.3 Å². The van der Waals surface area contributed by atoms with E-state index in [-0.39, 0.29) is 49.2 Å². The second kappa shape index (κ2) is 17.2. The Bertz CT molecular complexity index is 1290. The molecule has 0 radical (unpaired) electrons. The predicted octanol–water partition coefficient (Wildman–Crippen LogP) is 5.34. The van der Waals surface area contributed by atoms with Gasteiger partial charge < -0.3 is 30.5 Å². The maximum atomic E-state index is 14.7. The van der Waals surface area contributed by atoms with Crippen molar-refractivity contribution in [3.63, 3.8) is 0 Å². The van der Waals surface area contributed by atoms with E-state index in [1.807, 2.05) is 17.5 Å². The highest BCUT2D eigenvalue weighted by Gasteiger charge is 2.43. The number of piperidine rings is 1. The Morgan fingerprint density at radius 3 is 2.65 bits per heavy atom. The molecule has 0 spiro atoms. The normalized spacial score (nSPS) is 23.8. The average Bonchev–Trinajstić information content (AvgIpc) is 3.61. The van der Waals surface area contributed by atoms with Crippen LogP contribution in [0.15, 0.2) is 41.8 Å². The molecule has 2 aliphatic heterocycles. The van der Waals surface area contributed by atoms with Gasteiger partial charge in [-0.15, -0.1) is 11.3 Å². The first-order valence-corrected chi connectivity index (χ1v) is 18.6. The fraction of sp³-hybridized carbons (Fsp3) is 0.618. The van der Waals surface area contributed by atoms with Gasteiger partial charge in [-0.2, -0.15) is 12.6 Å². The number of carbonyl (C=O) groups excluding carboxylic acids is 3. The van der Waals surface area contributed by atoms with Gasteiger partial charge in [0.15, 0.2) is 5.75 Å². The van der Waals surface area contributed by atoms with Crippen molar-refractivity contribution in [1.29, 1.82) is 0 Å². The Kier molecular flexibility index (Phi) is 13.1. The van der Waals surface area contributed by atoms with Gasteiger partial charge in [-0.3, -0.25) is 9.59 Å². The lowest BCUT2D eigenvalue weighted by Gasteiger charge is -2.44. The Morgan fingerprint density at radius 1 is 1.11 bits per heavy atom. The van der Waals surface area contributed by atoms with Crippen LogP contribution in [0.2, 0.25) is 5.02 Å². The van der Waals surface area contributed by atoms with Gasteiger partial charge in [0.05, 0.1) is 24.2 Å². The number of carbonyl (C=O) groups is 3. The molecule has 3 N–H and O–H groups in total. The zero-order valence-electron chi connectivity index (χ0n) is 26.7. The molecule has 1 aromatic carbocycles. The van der Waals surface area contributed by atoms with Gasteiger partial charge in [0.1, 0.15) is 6.04 Å². The van der Waals surface area contributed by atoms with Crippen LogP contribution in [0.5, 0.6) is 5.75 Å². The number of nitrogens with one attached hydrogen (secondary N) is 3. The number of rotatable bonds is 11. The van der Waals surface area contributed by atoms with E-state index in [9.17, 15) is 14.4 Å². The number of halogens is 1. The van der Waals surface area contributed by atoms with Gasteiger partial charge in [-0.1, -0.05) is 56.0 Å². The molecule has 46 heavy (non-hydrogen) atoms. The lowest BCUT2D eigenvalue weighted by Crippen LogP contribution is -2.66. The summed E-state index contributed by atoms with van der Waals surface area (Å²) in [7, 11) is 0. The van der Waals surface area contributed by atoms with E-state index in [0.717, 1.165) is 62.1 Å². The number of thiol groups is 1. The van der Waals surface area contributed by atoms with Crippen LogP contribution in [0.25, 0.3) is 0 Å². The minimum Gasteiger partial charge on any atom is -0.409 e. The fourth-order valence-corrected chi connectivity index (χ4v) is 7.99. The summed E-state index contributed by atoms with van der Waals surface area (Å²) >= 11 is 12.3. The molecule has 3 unspecified atom stereocenters. The number of amides is 3. The molecule has 9 nitrogen and oxygen atoms in total. The summed E-state index contributed by atoms with van der Waals surface area (Å²) in [6, 6.07) is 10.1.